The highest BCUT2D eigenvalue weighted by molar-refractivity contribution is 6.16. The molecule has 158 valence electrons. The lowest BCUT2D eigenvalue weighted by molar-refractivity contribution is -0.133. The highest BCUT2D eigenvalue weighted by Gasteiger charge is 2.57. The standard InChI is InChI=1S/C22H18F2N4O3/c23-13-1-3-14(4-2-13)28(21(30)22(8-9-22)20(26)29)18-6-5-15(11-17(18)24)31-16-7-10-27-19(25)12-16/h1-7,10-12H,8-9H2,(H2,25,27)(H2,26,29). The number of nitrogens with two attached hydrogens (primary N) is 2. The van der Waals surface area contributed by atoms with Crippen molar-refractivity contribution in [2.75, 3.05) is 10.6 Å². The third-order valence-corrected chi connectivity index (χ3v) is 5.07. The number of anilines is 3. The molecule has 0 aliphatic heterocycles. The summed E-state index contributed by atoms with van der Waals surface area (Å²) in [7, 11) is 0. The highest BCUT2D eigenvalue weighted by Crippen LogP contribution is 2.49. The molecule has 31 heavy (non-hydrogen) atoms. The number of ether oxygens (including phenoxy) is 1. The predicted octanol–water partition coefficient (Wildman–Crippen LogP) is 3.66. The van der Waals surface area contributed by atoms with E-state index in [9.17, 15) is 14.0 Å². The number of nitrogen functional groups attached to an aromatic ring is 1. The smallest absolute Gasteiger partial charge is 0.247 e. The van der Waals surface area contributed by atoms with Crippen molar-refractivity contribution in [3.63, 3.8) is 0 Å². The molecule has 1 heterocycles. The molecule has 7 nitrogen and oxygen atoms in total. The zero-order chi connectivity index (χ0) is 22.2. The monoisotopic (exact) mass is 424 g/mol. The molecule has 2 aromatic carbocycles. The molecule has 4 rings (SSSR count). The molecule has 4 N–H and O–H groups in total. The molecule has 1 fully saturated rings. The number of carbonyl (C=O) groups is 2. The van der Waals surface area contributed by atoms with Gasteiger partial charge in [-0.05, 0) is 55.3 Å². The Bertz CT molecular complexity index is 1160. The average Bonchev–Trinajstić information content (AvgIpc) is 3.53. The Morgan fingerprint density at radius 2 is 1.68 bits per heavy atom. The fourth-order valence-corrected chi connectivity index (χ4v) is 3.22. The molecular weight excluding hydrogens is 406 g/mol. The largest absolute Gasteiger partial charge is 0.457 e. The Morgan fingerprint density at radius 1 is 1.00 bits per heavy atom. The van der Waals surface area contributed by atoms with Crippen molar-refractivity contribution in [3.05, 3.63) is 72.4 Å². The molecule has 0 atom stereocenters. The number of rotatable bonds is 6. The van der Waals surface area contributed by atoms with Gasteiger partial charge in [0.15, 0.2) is 5.82 Å². The van der Waals surface area contributed by atoms with Gasteiger partial charge in [0.25, 0.3) is 0 Å². The molecule has 0 radical (unpaired) electrons. The Morgan fingerprint density at radius 3 is 2.26 bits per heavy atom. The molecule has 1 saturated carbocycles. The normalized spacial score (nSPS) is 14.0. The van der Waals surface area contributed by atoms with Gasteiger partial charge in [0.2, 0.25) is 11.8 Å². The number of pyridine rings is 1. The molecule has 2 amide bonds. The first-order valence-electron chi connectivity index (χ1n) is 9.39. The van der Waals surface area contributed by atoms with Gasteiger partial charge in [0.05, 0.1) is 5.69 Å². The molecule has 1 aliphatic rings. The third-order valence-electron chi connectivity index (χ3n) is 5.07. The van der Waals surface area contributed by atoms with Gasteiger partial charge in [-0.2, -0.15) is 0 Å². The van der Waals surface area contributed by atoms with Crippen LogP contribution in [0.1, 0.15) is 12.8 Å². The quantitative estimate of drug-likeness (QED) is 0.587. The zero-order valence-electron chi connectivity index (χ0n) is 16.2. The number of hydrogen-bond acceptors (Lipinski definition) is 5. The second-order valence-electron chi connectivity index (χ2n) is 7.20. The van der Waals surface area contributed by atoms with Crippen LogP contribution in [0.3, 0.4) is 0 Å². The number of hydrogen-bond donors (Lipinski definition) is 2. The predicted molar refractivity (Wildman–Crippen MR) is 110 cm³/mol. The lowest BCUT2D eigenvalue weighted by Crippen LogP contribution is -2.41. The number of nitrogens with zero attached hydrogens (tertiary/aromatic N) is 2. The van der Waals surface area contributed by atoms with Crippen LogP contribution in [0.25, 0.3) is 0 Å². The van der Waals surface area contributed by atoms with Crippen LogP contribution in [0, 0.1) is 17.0 Å². The average molecular weight is 424 g/mol. The van der Waals surface area contributed by atoms with Crippen LogP contribution in [0.5, 0.6) is 11.5 Å². The van der Waals surface area contributed by atoms with Crippen LogP contribution in [0.2, 0.25) is 0 Å². The molecule has 0 unspecified atom stereocenters. The number of primary amides is 1. The molecule has 9 heteroatoms. The van der Waals surface area contributed by atoms with Crippen LogP contribution < -0.4 is 21.1 Å². The maximum absolute atomic E-state index is 15.1. The lowest BCUT2D eigenvalue weighted by Gasteiger charge is -2.27. The Hall–Kier alpha value is -4.01. The van der Waals surface area contributed by atoms with E-state index in [-0.39, 0.29) is 35.8 Å². The Labute approximate surface area is 176 Å². The number of halogens is 2. The Kier molecular flexibility index (Phi) is 5.02. The van der Waals surface area contributed by atoms with Crippen molar-refractivity contribution < 1.29 is 23.1 Å². The van der Waals surface area contributed by atoms with E-state index in [1.54, 1.807) is 6.07 Å². The van der Waals surface area contributed by atoms with Crippen molar-refractivity contribution in [3.8, 4) is 11.5 Å². The van der Waals surface area contributed by atoms with Gasteiger partial charge in [-0.1, -0.05) is 0 Å². The SMILES string of the molecule is NC(=O)C1(C(=O)N(c2ccc(F)cc2)c2ccc(Oc3ccnc(N)c3)cc2F)CC1. The molecule has 0 saturated heterocycles. The fraction of sp³-hybridized carbons (Fsp3) is 0.136. The van der Waals surface area contributed by atoms with Crippen LogP contribution in [-0.4, -0.2) is 16.8 Å². The maximum Gasteiger partial charge on any atom is 0.247 e. The molecule has 0 spiro atoms. The van der Waals surface area contributed by atoms with E-state index in [2.05, 4.69) is 4.98 Å². The summed E-state index contributed by atoms with van der Waals surface area (Å²) in [5.74, 6) is -1.98. The van der Waals surface area contributed by atoms with Gasteiger partial charge in [0.1, 0.15) is 28.5 Å². The van der Waals surface area contributed by atoms with E-state index in [0.717, 1.165) is 23.1 Å². The van der Waals surface area contributed by atoms with Crippen LogP contribution in [0.15, 0.2) is 60.8 Å². The van der Waals surface area contributed by atoms with Gasteiger partial charge in [0, 0.05) is 24.0 Å². The maximum atomic E-state index is 15.1. The molecule has 3 aromatic rings. The summed E-state index contributed by atoms with van der Waals surface area (Å²) in [5, 5.41) is 0. The van der Waals surface area contributed by atoms with Crippen molar-refractivity contribution in [1.82, 2.24) is 4.98 Å². The highest BCUT2D eigenvalue weighted by atomic mass is 19.1. The van der Waals surface area contributed by atoms with Gasteiger partial charge in [-0.3, -0.25) is 14.5 Å². The minimum atomic E-state index is -1.40. The van der Waals surface area contributed by atoms with Gasteiger partial charge < -0.3 is 16.2 Å². The van der Waals surface area contributed by atoms with E-state index in [4.69, 9.17) is 16.2 Å². The van der Waals surface area contributed by atoms with E-state index in [1.165, 1.54) is 36.5 Å². The van der Waals surface area contributed by atoms with Crippen molar-refractivity contribution >= 4 is 29.0 Å². The number of amides is 2. The molecule has 1 aliphatic carbocycles. The summed E-state index contributed by atoms with van der Waals surface area (Å²) < 4.78 is 34.1. The second kappa shape index (κ2) is 7.67. The van der Waals surface area contributed by atoms with Gasteiger partial charge >= 0.3 is 0 Å². The fourth-order valence-electron chi connectivity index (χ4n) is 3.22. The minimum absolute atomic E-state index is 0.120. The number of aromatic nitrogens is 1. The molecule has 1 aromatic heterocycles. The van der Waals surface area contributed by atoms with E-state index in [1.807, 2.05) is 0 Å². The van der Waals surface area contributed by atoms with Crippen LogP contribution in [0.4, 0.5) is 26.0 Å². The summed E-state index contributed by atoms with van der Waals surface area (Å²) >= 11 is 0. The van der Waals surface area contributed by atoms with Crippen LogP contribution in [-0.2, 0) is 9.59 Å². The van der Waals surface area contributed by atoms with Crippen molar-refractivity contribution in [2.24, 2.45) is 11.1 Å². The van der Waals surface area contributed by atoms with Gasteiger partial charge in [-0.15, -0.1) is 0 Å². The number of benzene rings is 2. The van der Waals surface area contributed by atoms with Crippen LogP contribution >= 0.6 is 0 Å². The second-order valence-corrected chi connectivity index (χ2v) is 7.20. The van der Waals surface area contributed by atoms with E-state index in [0.29, 0.717) is 5.75 Å². The summed E-state index contributed by atoms with van der Waals surface area (Å²) in [4.78, 5) is 30.0. The van der Waals surface area contributed by atoms with Gasteiger partial charge in [-0.25, -0.2) is 13.8 Å². The minimum Gasteiger partial charge on any atom is -0.457 e. The summed E-state index contributed by atoms with van der Waals surface area (Å²) in [6.07, 6.45) is 1.99. The first-order valence-corrected chi connectivity index (χ1v) is 9.39. The summed E-state index contributed by atoms with van der Waals surface area (Å²) in [6.45, 7) is 0. The van der Waals surface area contributed by atoms with E-state index < -0.39 is 28.9 Å². The third kappa shape index (κ3) is 3.89. The Balaban J connectivity index is 1.72. The lowest BCUT2D eigenvalue weighted by atomic mass is 10.0. The van der Waals surface area contributed by atoms with E-state index >= 15 is 4.39 Å². The zero-order valence-corrected chi connectivity index (χ0v) is 16.2. The summed E-state index contributed by atoms with van der Waals surface area (Å²) in [5.41, 5.74) is 9.73. The first-order chi connectivity index (χ1) is 14.8. The topological polar surface area (TPSA) is 112 Å². The number of carbonyl (C=O) groups excluding carboxylic acids is 2. The van der Waals surface area contributed by atoms with Crippen molar-refractivity contribution in [1.29, 1.82) is 0 Å². The van der Waals surface area contributed by atoms with Crippen molar-refractivity contribution in [2.45, 2.75) is 12.8 Å². The molecule has 0 bridgehead atoms. The first kappa shape index (κ1) is 20.3. The molecular formula is C22H18F2N4O3. The summed E-state index contributed by atoms with van der Waals surface area (Å²) in [6, 6.07) is 11.9.